The molecule has 0 radical (unpaired) electrons. The summed E-state index contributed by atoms with van der Waals surface area (Å²) < 4.78 is 5.15. The van der Waals surface area contributed by atoms with Gasteiger partial charge in [0.15, 0.2) is 0 Å². The van der Waals surface area contributed by atoms with Crippen LogP contribution in [0.25, 0.3) is 0 Å². The minimum absolute atomic E-state index is 0.0753. The maximum absolute atomic E-state index is 13.0. The minimum atomic E-state index is 0.0753. The van der Waals surface area contributed by atoms with Crippen molar-refractivity contribution in [2.75, 3.05) is 26.2 Å². The van der Waals surface area contributed by atoms with Gasteiger partial charge in [-0.25, -0.2) is 0 Å². The van der Waals surface area contributed by atoms with Gasteiger partial charge < -0.3 is 9.32 Å². The van der Waals surface area contributed by atoms with Gasteiger partial charge in [-0.1, -0.05) is 60.7 Å². The summed E-state index contributed by atoms with van der Waals surface area (Å²) in [6.07, 6.45) is 5.48. The van der Waals surface area contributed by atoms with Crippen LogP contribution in [0.15, 0.2) is 83.7 Å². The van der Waals surface area contributed by atoms with E-state index in [0.717, 1.165) is 26.2 Å². The van der Waals surface area contributed by atoms with E-state index in [2.05, 4.69) is 65.6 Å². The van der Waals surface area contributed by atoms with E-state index in [1.165, 1.54) is 24.0 Å². The van der Waals surface area contributed by atoms with E-state index in [0.29, 0.717) is 23.4 Å². The summed E-state index contributed by atoms with van der Waals surface area (Å²) in [6, 6.07) is 23.7. The third kappa shape index (κ3) is 3.80. The van der Waals surface area contributed by atoms with Crippen LogP contribution in [0, 0.1) is 0 Å². The summed E-state index contributed by atoms with van der Waals surface area (Å²) in [5.41, 5.74) is 3.43. The number of hydrogen-bond donors (Lipinski definition) is 0. The molecular formula is C26H28N2O2. The lowest BCUT2D eigenvalue weighted by atomic mass is 9.87. The van der Waals surface area contributed by atoms with Gasteiger partial charge in [-0.05, 0) is 49.0 Å². The van der Waals surface area contributed by atoms with Gasteiger partial charge in [0.05, 0.1) is 11.8 Å². The van der Waals surface area contributed by atoms with Crippen molar-refractivity contribution < 1.29 is 9.21 Å². The molecule has 4 heteroatoms. The van der Waals surface area contributed by atoms with E-state index in [4.69, 9.17) is 4.42 Å². The number of carbonyl (C=O) groups is 1. The molecule has 5 rings (SSSR count). The van der Waals surface area contributed by atoms with Crippen LogP contribution in [-0.4, -0.2) is 47.9 Å². The largest absolute Gasteiger partial charge is 0.472 e. The SMILES string of the molecule is O=C(c1ccoc1)N1C[C@H](c2ccccc2)[C@@H](N2CCC(c3ccccc3)CC2)C1. The lowest BCUT2D eigenvalue weighted by molar-refractivity contribution is 0.0768. The van der Waals surface area contributed by atoms with Gasteiger partial charge in [-0.15, -0.1) is 0 Å². The van der Waals surface area contributed by atoms with Crippen molar-refractivity contribution in [1.29, 1.82) is 0 Å². The number of piperidine rings is 1. The molecule has 1 aromatic heterocycles. The zero-order valence-corrected chi connectivity index (χ0v) is 17.2. The fraction of sp³-hybridized carbons (Fsp3) is 0.346. The van der Waals surface area contributed by atoms with Crippen molar-refractivity contribution in [1.82, 2.24) is 9.80 Å². The highest BCUT2D eigenvalue weighted by molar-refractivity contribution is 5.94. The number of benzene rings is 2. The zero-order chi connectivity index (χ0) is 20.3. The second kappa shape index (κ2) is 8.49. The Labute approximate surface area is 178 Å². The summed E-state index contributed by atoms with van der Waals surface area (Å²) in [4.78, 5) is 17.6. The summed E-state index contributed by atoms with van der Waals surface area (Å²) >= 11 is 0. The van der Waals surface area contributed by atoms with Gasteiger partial charge in [0.1, 0.15) is 6.26 Å². The molecule has 2 aromatic carbocycles. The topological polar surface area (TPSA) is 36.7 Å². The highest BCUT2D eigenvalue weighted by Gasteiger charge is 2.40. The molecular weight excluding hydrogens is 372 g/mol. The van der Waals surface area contributed by atoms with E-state index in [1.54, 1.807) is 18.6 Å². The van der Waals surface area contributed by atoms with Crippen LogP contribution in [0.1, 0.15) is 46.2 Å². The fourth-order valence-electron chi connectivity index (χ4n) is 5.21. The predicted molar refractivity (Wildman–Crippen MR) is 118 cm³/mol. The quantitative estimate of drug-likeness (QED) is 0.633. The maximum atomic E-state index is 13.0. The molecule has 2 aliphatic rings. The van der Waals surface area contributed by atoms with Crippen LogP contribution >= 0.6 is 0 Å². The van der Waals surface area contributed by atoms with Crippen molar-refractivity contribution >= 4 is 5.91 Å². The molecule has 3 heterocycles. The number of nitrogens with zero attached hydrogens (tertiary/aromatic N) is 2. The Bertz CT molecular complexity index is 947. The molecule has 1 amide bonds. The summed E-state index contributed by atoms with van der Waals surface area (Å²) in [6.45, 7) is 3.71. The molecule has 0 unspecified atom stereocenters. The molecule has 2 aliphatic heterocycles. The van der Waals surface area contributed by atoms with E-state index in [1.807, 2.05) is 4.90 Å². The number of hydrogen-bond acceptors (Lipinski definition) is 3. The second-order valence-electron chi connectivity index (χ2n) is 8.53. The van der Waals surface area contributed by atoms with E-state index in [9.17, 15) is 4.79 Å². The molecule has 0 aliphatic carbocycles. The summed E-state index contributed by atoms with van der Waals surface area (Å²) in [5.74, 6) is 1.06. The second-order valence-corrected chi connectivity index (χ2v) is 8.53. The molecule has 0 spiro atoms. The molecule has 30 heavy (non-hydrogen) atoms. The monoisotopic (exact) mass is 400 g/mol. The number of carbonyl (C=O) groups excluding carboxylic acids is 1. The fourth-order valence-corrected chi connectivity index (χ4v) is 5.21. The highest BCUT2D eigenvalue weighted by atomic mass is 16.3. The first-order chi connectivity index (χ1) is 14.8. The van der Waals surface area contributed by atoms with Gasteiger partial charge in [0.25, 0.3) is 5.91 Å². The molecule has 2 atom stereocenters. The molecule has 4 nitrogen and oxygen atoms in total. The van der Waals surface area contributed by atoms with Crippen LogP contribution in [0.5, 0.6) is 0 Å². The first-order valence-corrected chi connectivity index (χ1v) is 10.9. The summed E-state index contributed by atoms with van der Waals surface area (Å²) in [5, 5.41) is 0. The number of amides is 1. The molecule has 0 N–H and O–H groups in total. The van der Waals surface area contributed by atoms with Gasteiger partial charge in [-0.3, -0.25) is 9.69 Å². The standard InChI is InChI=1S/C26H28N2O2/c29-26(23-13-16-30-19-23)28-17-24(22-9-5-2-6-10-22)25(18-28)27-14-11-21(12-15-27)20-7-3-1-4-8-20/h1-10,13,16,19,21,24-25H,11-12,14-15,17-18H2/t24-,25+/m1/s1. The van der Waals surface area contributed by atoms with Crippen molar-refractivity contribution in [2.45, 2.75) is 30.7 Å². The molecule has 2 saturated heterocycles. The average molecular weight is 401 g/mol. The van der Waals surface area contributed by atoms with Crippen LogP contribution in [0.3, 0.4) is 0 Å². The molecule has 2 fully saturated rings. The van der Waals surface area contributed by atoms with Crippen LogP contribution in [0.4, 0.5) is 0 Å². The van der Waals surface area contributed by atoms with E-state index in [-0.39, 0.29) is 5.91 Å². The van der Waals surface area contributed by atoms with Crippen molar-refractivity contribution in [3.63, 3.8) is 0 Å². The number of rotatable bonds is 4. The molecule has 0 saturated carbocycles. The molecule has 0 bridgehead atoms. The van der Waals surface area contributed by atoms with Gasteiger partial charge >= 0.3 is 0 Å². The van der Waals surface area contributed by atoms with Crippen LogP contribution in [0.2, 0.25) is 0 Å². The molecule has 3 aromatic rings. The minimum Gasteiger partial charge on any atom is -0.472 e. The normalized spacial score (nSPS) is 23.0. The van der Waals surface area contributed by atoms with Gasteiger partial charge in [0.2, 0.25) is 0 Å². The Morgan fingerprint density at radius 1 is 0.833 bits per heavy atom. The average Bonchev–Trinajstić information content (AvgIpc) is 3.51. The van der Waals surface area contributed by atoms with E-state index >= 15 is 0 Å². The van der Waals surface area contributed by atoms with Gasteiger partial charge in [0, 0.05) is 25.0 Å². The number of furan rings is 1. The zero-order valence-electron chi connectivity index (χ0n) is 17.2. The lowest BCUT2D eigenvalue weighted by Gasteiger charge is -2.38. The Balaban J connectivity index is 1.33. The first kappa shape index (κ1) is 19.1. The maximum Gasteiger partial charge on any atom is 0.257 e. The predicted octanol–water partition coefficient (Wildman–Crippen LogP) is 4.77. The van der Waals surface area contributed by atoms with E-state index < -0.39 is 0 Å². The Morgan fingerprint density at radius 2 is 1.50 bits per heavy atom. The third-order valence-electron chi connectivity index (χ3n) is 6.84. The Hall–Kier alpha value is -2.85. The Morgan fingerprint density at radius 3 is 2.13 bits per heavy atom. The molecule has 154 valence electrons. The Kier molecular flexibility index (Phi) is 5.41. The van der Waals surface area contributed by atoms with Gasteiger partial charge in [-0.2, -0.15) is 0 Å². The number of likely N-dealkylation sites (tertiary alicyclic amines) is 2. The third-order valence-corrected chi connectivity index (χ3v) is 6.84. The summed E-state index contributed by atoms with van der Waals surface area (Å²) in [7, 11) is 0. The van der Waals surface area contributed by atoms with Crippen molar-refractivity contribution in [3.05, 3.63) is 95.9 Å². The van der Waals surface area contributed by atoms with Crippen molar-refractivity contribution in [3.8, 4) is 0 Å². The lowest BCUT2D eigenvalue weighted by Crippen LogP contribution is -2.45. The van der Waals surface area contributed by atoms with Crippen molar-refractivity contribution in [2.24, 2.45) is 0 Å². The smallest absolute Gasteiger partial charge is 0.257 e. The first-order valence-electron chi connectivity index (χ1n) is 10.9. The highest BCUT2D eigenvalue weighted by Crippen LogP contribution is 2.36. The van der Waals surface area contributed by atoms with Crippen LogP contribution < -0.4 is 0 Å². The van der Waals surface area contributed by atoms with Crippen LogP contribution in [-0.2, 0) is 0 Å².